The summed E-state index contributed by atoms with van der Waals surface area (Å²) in [4.78, 5) is 27.6. The molecule has 1 N–H and O–H groups in total. The zero-order chi connectivity index (χ0) is 26.5. The summed E-state index contributed by atoms with van der Waals surface area (Å²) in [7, 11) is 0. The van der Waals surface area contributed by atoms with Gasteiger partial charge in [0.1, 0.15) is 12.4 Å². The zero-order valence-corrected chi connectivity index (χ0v) is 22.2. The van der Waals surface area contributed by atoms with E-state index in [0.29, 0.717) is 5.56 Å². The number of nitrogens with zero attached hydrogens (tertiary/aromatic N) is 1. The summed E-state index contributed by atoms with van der Waals surface area (Å²) in [6, 6.07) is 16.6. The summed E-state index contributed by atoms with van der Waals surface area (Å²) < 4.78 is 5.87. The van der Waals surface area contributed by atoms with Crippen molar-refractivity contribution in [3.05, 3.63) is 83.2 Å². The van der Waals surface area contributed by atoms with E-state index in [1.807, 2.05) is 39.8 Å². The van der Waals surface area contributed by atoms with Crippen LogP contribution in [0.25, 0.3) is 11.1 Å². The molecule has 0 bridgehead atoms. The summed E-state index contributed by atoms with van der Waals surface area (Å²) in [5.41, 5.74) is 5.46. The van der Waals surface area contributed by atoms with E-state index in [1.165, 1.54) is 11.1 Å². The van der Waals surface area contributed by atoms with E-state index in [9.17, 15) is 9.59 Å². The van der Waals surface area contributed by atoms with Crippen molar-refractivity contribution in [3.8, 4) is 16.9 Å². The van der Waals surface area contributed by atoms with E-state index in [2.05, 4.69) is 55.2 Å². The van der Waals surface area contributed by atoms with Crippen LogP contribution >= 0.6 is 0 Å². The fourth-order valence-corrected chi connectivity index (χ4v) is 4.60. The predicted molar refractivity (Wildman–Crippen MR) is 144 cm³/mol. The SMILES string of the molecule is CCC(CC)(c1ccc(-c2cncc(CC(=O)O)c2)cc1)c1ccc(OCC(=O)C(C)(C)C)c(C)c1. The van der Waals surface area contributed by atoms with Crippen LogP contribution in [0.2, 0.25) is 0 Å². The molecule has 0 radical (unpaired) electrons. The molecule has 0 aliphatic rings. The number of carbonyl (C=O) groups is 2. The number of Topliss-reactive ketones (excluding diaryl/α,β-unsaturated/α-hetero) is 1. The van der Waals surface area contributed by atoms with Crippen LogP contribution in [0.3, 0.4) is 0 Å². The number of hydrogen-bond donors (Lipinski definition) is 1. The molecule has 190 valence electrons. The highest BCUT2D eigenvalue weighted by Crippen LogP contribution is 2.41. The highest BCUT2D eigenvalue weighted by molar-refractivity contribution is 5.85. The molecule has 3 aromatic rings. The minimum atomic E-state index is -0.868. The van der Waals surface area contributed by atoms with E-state index >= 15 is 0 Å². The maximum absolute atomic E-state index is 12.3. The molecule has 0 spiro atoms. The number of aromatic nitrogens is 1. The van der Waals surface area contributed by atoms with Gasteiger partial charge in [-0.3, -0.25) is 14.6 Å². The largest absolute Gasteiger partial charge is 0.486 e. The number of hydrogen-bond acceptors (Lipinski definition) is 4. The lowest BCUT2D eigenvalue weighted by atomic mass is 9.70. The number of ketones is 1. The molecule has 0 atom stereocenters. The monoisotopic (exact) mass is 487 g/mol. The number of rotatable bonds is 10. The lowest BCUT2D eigenvalue weighted by Gasteiger charge is -2.34. The Kier molecular flexibility index (Phi) is 8.34. The number of aliphatic carboxylic acids is 1. The highest BCUT2D eigenvalue weighted by Gasteiger charge is 2.31. The summed E-state index contributed by atoms with van der Waals surface area (Å²) in [5, 5.41) is 9.09. The molecule has 0 aliphatic heterocycles. The summed E-state index contributed by atoms with van der Waals surface area (Å²) in [6.07, 6.45) is 5.18. The predicted octanol–water partition coefficient (Wildman–Crippen LogP) is 6.78. The van der Waals surface area contributed by atoms with E-state index < -0.39 is 11.4 Å². The molecule has 0 unspecified atom stereocenters. The van der Waals surface area contributed by atoms with Crippen LogP contribution < -0.4 is 4.74 Å². The van der Waals surface area contributed by atoms with Crippen LogP contribution in [0, 0.1) is 12.3 Å². The molecule has 0 saturated heterocycles. The van der Waals surface area contributed by atoms with Crippen molar-refractivity contribution in [1.82, 2.24) is 4.98 Å². The van der Waals surface area contributed by atoms with Crippen molar-refractivity contribution in [2.24, 2.45) is 5.41 Å². The standard InChI is InChI=1S/C31H37NO4/c1-7-31(8-2,26-13-14-27(21(3)15-26)36-20-28(33)30(4,5)6)25-11-9-23(10-12-25)24-16-22(17-29(34)35)18-32-19-24/h9-16,18-19H,7-8,17,20H2,1-6H3,(H,34,35). The second kappa shape index (κ2) is 11.1. The third kappa shape index (κ3) is 6.01. The second-order valence-electron chi connectivity index (χ2n) is 10.5. The Morgan fingerprint density at radius 1 is 0.889 bits per heavy atom. The topological polar surface area (TPSA) is 76.5 Å². The van der Waals surface area contributed by atoms with Crippen LogP contribution in [0.1, 0.15) is 69.7 Å². The summed E-state index contributed by atoms with van der Waals surface area (Å²) in [5.74, 6) is -0.0553. The van der Waals surface area contributed by atoms with Gasteiger partial charge < -0.3 is 9.84 Å². The third-order valence-electron chi connectivity index (χ3n) is 7.05. The van der Waals surface area contributed by atoms with Gasteiger partial charge in [0.2, 0.25) is 0 Å². The van der Waals surface area contributed by atoms with Crippen molar-refractivity contribution in [2.75, 3.05) is 6.61 Å². The number of benzene rings is 2. The van der Waals surface area contributed by atoms with Crippen molar-refractivity contribution < 1.29 is 19.4 Å². The van der Waals surface area contributed by atoms with E-state index in [-0.39, 0.29) is 24.2 Å². The zero-order valence-electron chi connectivity index (χ0n) is 22.2. The van der Waals surface area contributed by atoms with Gasteiger partial charge in [0.15, 0.2) is 5.78 Å². The van der Waals surface area contributed by atoms with Crippen molar-refractivity contribution in [1.29, 1.82) is 0 Å². The van der Waals surface area contributed by atoms with Crippen LogP contribution in [-0.2, 0) is 21.4 Å². The maximum Gasteiger partial charge on any atom is 0.307 e. The minimum Gasteiger partial charge on any atom is -0.486 e. The summed E-state index contributed by atoms with van der Waals surface area (Å²) in [6.45, 7) is 12.2. The second-order valence-corrected chi connectivity index (χ2v) is 10.5. The highest BCUT2D eigenvalue weighted by atomic mass is 16.5. The first-order valence-corrected chi connectivity index (χ1v) is 12.5. The number of ether oxygens (including phenoxy) is 1. The smallest absolute Gasteiger partial charge is 0.307 e. The van der Waals surface area contributed by atoms with Crippen molar-refractivity contribution in [3.63, 3.8) is 0 Å². The lowest BCUT2D eigenvalue weighted by molar-refractivity contribution is -0.136. The Hall–Kier alpha value is -3.47. The molecule has 0 fully saturated rings. The molecule has 1 heterocycles. The number of carboxylic acids is 1. The van der Waals surface area contributed by atoms with Crippen LogP contribution in [-0.4, -0.2) is 28.4 Å². The van der Waals surface area contributed by atoms with E-state index in [0.717, 1.165) is 35.3 Å². The van der Waals surface area contributed by atoms with Gasteiger partial charge >= 0.3 is 5.97 Å². The molecule has 0 aliphatic carbocycles. The van der Waals surface area contributed by atoms with Gasteiger partial charge in [-0.05, 0) is 59.7 Å². The molecule has 36 heavy (non-hydrogen) atoms. The van der Waals surface area contributed by atoms with Gasteiger partial charge in [-0.2, -0.15) is 0 Å². The first-order chi connectivity index (χ1) is 17.0. The molecule has 5 nitrogen and oxygen atoms in total. The van der Waals surface area contributed by atoms with Crippen LogP contribution in [0.5, 0.6) is 5.75 Å². The van der Waals surface area contributed by atoms with Crippen molar-refractivity contribution >= 4 is 11.8 Å². The van der Waals surface area contributed by atoms with Gasteiger partial charge in [-0.1, -0.05) is 71.0 Å². The average Bonchev–Trinajstić information content (AvgIpc) is 2.84. The summed E-state index contributed by atoms with van der Waals surface area (Å²) >= 11 is 0. The lowest BCUT2D eigenvalue weighted by Crippen LogP contribution is -2.27. The maximum atomic E-state index is 12.3. The number of carboxylic acid groups (broad SMARTS) is 1. The molecule has 0 saturated carbocycles. The fourth-order valence-electron chi connectivity index (χ4n) is 4.60. The van der Waals surface area contributed by atoms with Gasteiger partial charge in [-0.25, -0.2) is 0 Å². The van der Waals surface area contributed by atoms with Gasteiger partial charge in [-0.15, -0.1) is 0 Å². The third-order valence-corrected chi connectivity index (χ3v) is 7.05. The quantitative estimate of drug-likeness (QED) is 0.341. The Labute approximate surface area is 214 Å². The first-order valence-electron chi connectivity index (χ1n) is 12.5. The average molecular weight is 488 g/mol. The molecule has 5 heteroatoms. The minimum absolute atomic E-state index is 0.0445. The molecule has 3 rings (SSSR count). The van der Waals surface area contributed by atoms with Crippen LogP contribution in [0.4, 0.5) is 0 Å². The van der Waals surface area contributed by atoms with Gasteiger partial charge in [0, 0.05) is 28.8 Å². The van der Waals surface area contributed by atoms with Crippen molar-refractivity contribution in [2.45, 2.75) is 66.2 Å². The normalized spacial score (nSPS) is 11.8. The molecule has 1 aromatic heterocycles. The number of aryl methyl sites for hydroxylation is 1. The van der Waals surface area contributed by atoms with E-state index in [4.69, 9.17) is 9.84 Å². The Morgan fingerprint density at radius 2 is 1.53 bits per heavy atom. The molecular formula is C31H37NO4. The molecule has 0 amide bonds. The molecular weight excluding hydrogens is 450 g/mol. The van der Waals surface area contributed by atoms with E-state index in [1.54, 1.807) is 12.4 Å². The Morgan fingerprint density at radius 3 is 2.08 bits per heavy atom. The Balaban J connectivity index is 1.88. The first kappa shape index (κ1) is 27.1. The van der Waals surface area contributed by atoms with Gasteiger partial charge in [0.25, 0.3) is 0 Å². The fraction of sp³-hybridized carbons (Fsp3) is 0.387. The molecule has 2 aromatic carbocycles. The number of pyridine rings is 1. The Bertz CT molecular complexity index is 1220. The van der Waals surface area contributed by atoms with Crippen LogP contribution in [0.15, 0.2) is 60.9 Å². The van der Waals surface area contributed by atoms with Gasteiger partial charge in [0.05, 0.1) is 6.42 Å². The number of carbonyl (C=O) groups excluding carboxylic acids is 1.